The van der Waals surface area contributed by atoms with Crippen molar-refractivity contribution in [2.75, 3.05) is 0 Å². The van der Waals surface area contributed by atoms with Gasteiger partial charge in [0.25, 0.3) is 0 Å². The first-order valence-corrected chi connectivity index (χ1v) is 3.47. The molecule has 7 heavy (non-hydrogen) atoms. The van der Waals surface area contributed by atoms with Gasteiger partial charge in [0.2, 0.25) is 0 Å². The molecule has 3 nitrogen and oxygen atoms in total. The molecule has 40 valence electrons. The molecule has 0 saturated carbocycles. The van der Waals surface area contributed by atoms with Gasteiger partial charge < -0.3 is 9.79 Å². The highest BCUT2D eigenvalue weighted by atomic mass is 31.2. The summed E-state index contributed by atoms with van der Waals surface area (Å²) < 4.78 is 10.0. The summed E-state index contributed by atoms with van der Waals surface area (Å²) in [6, 6.07) is 0. The maximum atomic E-state index is 10.0. The minimum atomic E-state index is -3.77. The Labute approximate surface area is 40.8 Å². The van der Waals surface area contributed by atoms with Gasteiger partial charge in [-0.25, -0.2) is 0 Å². The molecule has 0 saturated heterocycles. The summed E-state index contributed by atoms with van der Waals surface area (Å²) in [4.78, 5) is 16.4. The molecule has 0 heterocycles. The Kier molecular flexibility index (Phi) is 0.854. The van der Waals surface area contributed by atoms with Crippen LogP contribution in [0.4, 0.5) is 0 Å². The molecule has 0 amide bonds. The monoisotopic (exact) mass is 120 g/mol. The van der Waals surface area contributed by atoms with E-state index in [0.717, 1.165) is 0 Å². The van der Waals surface area contributed by atoms with E-state index in [1.807, 2.05) is 0 Å². The SMILES string of the molecule is O=P(O)(O)C1=CC1. The molecule has 1 aliphatic carbocycles. The van der Waals surface area contributed by atoms with Crippen molar-refractivity contribution < 1.29 is 14.4 Å². The molecule has 0 aliphatic heterocycles. The van der Waals surface area contributed by atoms with Crippen LogP contribution >= 0.6 is 7.60 Å². The summed E-state index contributed by atoms with van der Waals surface area (Å²) in [6.07, 6.45) is 2.03. The quantitative estimate of drug-likeness (QED) is 0.494. The number of rotatable bonds is 1. The molecular weight excluding hydrogens is 115 g/mol. The molecule has 0 aromatic carbocycles. The van der Waals surface area contributed by atoms with E-state index >= 15 is 0 Å². The predicted octanol–water partition coefficient (Wildman–Crippen LogP) is 0.452. The number of allylic oxidation sites excluding steroid dienone is 2. The molecule has 0 unspecified atom stereocenters. The van der Waals surface area contributed by atoms with Gasteiger partial charge in [0, 0.05) is 5.31 Å². The third-order valence-corrected chi connectivity index (χ3v) is 1.87. The summed E-state index contributed by atoms with van der Waals surface area (Å²) in [6.45, 7) is 0. The van der Waals surface area contributed by atoms with Crippen LogP contribution in [-0.2, 0) is 4.57 Å². The number of hydrogen-bond acceptors (Lipinski definition) is 1. The molecule has 1 aliphatic rings. The first-order chi connectivity index (χ1) is 3.11. The van der Waals surface area contributed by atoms with Crippen molar-refractivity contribution in [3.8, 4) is 0 Å². The van der Waals surface area contributed by atoms with Gasteiger partial charge in [-0.2, -0.15) is 0 Å². The minimum absolute atomic E-state index is 0.285. The zero-order chi connectivity index (χ0) is 5.49. The molecule has 4 heteroatoms. The second-order valence-corrected chi connectivity index (χ2v) is 3.11. The Morgan fingerprint density at radius 2 is 2.14 bits per heavy atom. The smallest absolute Gasteiger partial charge is 0.321 e. The van der Waals surface area contributed by atoms with Crippen LogP contribution in [0.2, 0.25) is 0 Å². The van der Waals surface area contributed by atoms with Crippen molar-refractivity contribution >= 4 is 7.60 Å². The van der Waals surface area contributed by atoms with Crippen LogP contribution < -0.4 is 0 Å². The molecule has 1 rings (SSSR count). The fourth-order valence-electron chi connectivity index (χ4n) is 0.283. The Morgan fingerprint density at radius 1 is 1.71 bits per heavy atom. The van der Waals surface area contributed by atoms with Crippen LogP contribution in [0, 0.1) is 0 Å². The molecule has 2 N–H and O–H groups in total. The lowest BCUT2D eigenvalue weighted by atomic mass is 10.9. The molecular formula is C3H5O3P. The van der Waals surface area contributed by atoms with Crippen molar-refractivity contribution in [2.24, 2.45) is 0 Å². The van der Waals surface area contributed by atoms with Gasteiger partial charge in [0.1, 0.15) is 0 Å². The zero-order valence-corrected chi connectivity index (χ0v) is 4.43. The van der Waals surface area contributed by atoms with E-state index in [1.54, 1.807) is 0 Å². The lowest BCUT2D eigenvalue weighted by molar-refractivity contribution is 0.383. The normalized spacial score (nSPS) is 18.9. The van der Waals surface area contributed by atoms with E-state index in [-0.39, 0.29) is 5.31 Å². The second kappa shape index (κ2) is 1.19. The lowest BCUT2D eigenvalue weighted by Gasteiger charge is -1.91. The van der Waals surface area contributed by atoms with E-state index in [4.69, 9.17) is 9.79 Å². The van der Waals surface area contributed by atoms with Crippen LogP contribution in [-0.4, -0.2) is 9.79 Å². The maximum Gasteiger partial charge on any atom is 0.352 e. The minimum Gasteiger partial charge on any atom is -0.321 e. The van der Waals surface area contributed by atoms with Crippen LogP contribution in [0.3, 0.4) is 0 Å². The van der Waals surface area contributed by atoms with Gasteiger partial charge in [-0.05, 0) is 6.42 Å². The standard InChI is InChI=1S/C3H5O3P/c4-7(5,6)3-1-2-3/h1H,2H2,(H2,4,5,6). The molecule has 0 aromatic heterocycles. The van der Waals surface area contributed by atoms with Crippen molar-refractivity contribution in [3.63, 3.8) is 0 Å². The Hall–Kier alpha value is -0.110. The fourth-order valence-corrected chi connectivity index (χ4v) is 0.850. The van der Waals surface area contributed by atoms with Crippen LogP contribution in [0.5, 0.6) is 0 Å². The average Bonchev–Trinajstić information content (AvgIpc) is 1.99. The molecule has 0 aromatic rings. The topological polar surface area (TPSA) is 57.5 Å². The van der Waals surface area contributed by atoms with Crippen LogP contribution in [0.25, 0.3) is 0 Å². The van der Waals surface area contributed by atoms with E-state index in [9.17, 15) is 4.57 Å². The third kappa shape index (κ3) is 1.13. The molecule has 0 bridgehead atoms. The summed E-state index contributed by atoms with van der Waals surface area (Å²) in [5.74, 6) is 0. The van der Waals surface area contributed by atoms with Gasteiger partial charge in [-0.1, -0.05) is 6.08 Å². The number of hydrogen-bond donors (Lipinski definition) is 2. The van der Waals surface area contributed by atoms with Gasteiger partial charge in [-0.3, -0.25) is 4.57 Å². The highest BCUT2D eigenvalue weighted by molar-refractivity contribution is 7.56. The molecule has 0 atom stereocenters. The molecule has 0 fully saturated rings. The third-order valence-electron chi connectivity index (χ3n) is 0.761. The predicted molar refractivity (Wildman–Crippen MR) is 24.7 cm³/mol. The molecule has 0 spiro atoms. The Bertz CT molecular complexity index is 154. The maximum absolute atomic E-state index is 10.0. The Balaban J connectivity index is 2.72. The first kappa shape index (κ1) is 5.04. The summed E-state index contributed by atoms with van der Waals surface area (Å²) >= 11 is 0. The van der Waals surface area contributed by atoms with Crippen molar-refractivity contribution in [2.45, 2.75) is 6.42 Å². The highest BCUT2D eigenvalue weighted by Gasteiger charge is 2.26. The van der Waals surface area contributed by atoms with Crippen molar-refractivity contribution in [1.82, 2.24) is 0 Å². The van der Waals surface area contributed by atoms with Crippen LogP contribution in [0.1, 0.15) is 6.42 Å². The van der Waals surface area contributed by atoms with Gasteiger partial charge in [0.05, 0.1) is 0 Å². The zero-order valence-electron chi connectivity index (χ0n) is 3.53. The lowest BCUT2D eigenvalue weighted by Crippen LogP contribution is -1.68. The van der Waals surface area contributed by atoms with Gasteiger partial charge >= 0.3 is 7.60 Å². The van der Waals surface area contributed by atoms with Crippen molar-refractivity contribution in [1.29, 1.82) is 0 Å². The Morgan fingerprint density at radius 3 is 2.14 bits per heavy atom. The summed E-state index contributed by atoms with van der Waals surface area (Å²) in [5.41, 5.74) is 0. The van der Waals surface area contributed by atoms with Crippen LogP contribution in [0.15, 0.2) is 11.4 Å². The van der Waals surface area contributed by atoms with E-state index in [0.29, 0.717) is 6.42 Å². The van der Waals surface area contributed by atoms with E-state index < -0.39 is 7.60 Å². The van der Waals surface area contributed by atoms with Crippen molar-refractivity contribution in [3.05, 3.63) is 11.4 Å². The van der Waals surface area contributed by atoms with Gasteiger partial charge in [0.15, 0.2) is 0 Å². The summed E-state index contributed by atoms with van der Waals surface area (Å²) in [5, 5.41) is 0.285. The van der Waals surface area contributed by atoms with E-state index in [1.165, 1.54) is 6.08 Å². The first-order valence-electron chi connectivity index (χ1n) is 1.86. The largest absolute Gasteiger partial charge is 0.352 e. The second-order valence-electron chi connectivity index (χ2n) is 1.44. The fraction of sp³-hybridized carbons (Fsp3) is 0.333. The summed E-state index contributed by atoms with van der Waals surface area (Å²) in [7, 11) is -3.77. The highest BCUT2D eigenvalue weighted by Crippen LogP contribution is 2.53. The van der Waals surface area contributed by atoms with Gasteiger partial charge in [-0.15, -0.1) is 0 Å². The molecule has 0 radical (unpaired) electrons. The van der Waals surface area contributed by atoms with E-state index in [2.05, 4.69) is 0 Å². The average molecular weight is 120 g/mol.